The van der Waals surface area contributed by atoms with Crippen molar-refractivity contribution >= 4 is 11.6 Å². The lowest BCUT2D eigenvalue weighted by Crippen LogP contribution is -2.47. The molecule has 0 N–H and O–H groups in total. The van der Waals surface area contributed by atoms with Gasteiger partial charge in [-0.15, -0.1) is 0 Å². The van der Waals surface area contributed by atoms with E-state index >= 15 is 0 Å². The summed E-state index contributed by atoms with van der Waals surface area (Å²) >= 11 is 0. The standard InChI is InChI=1S/C16H17N5O3/c1-10-14(15-18-11(2)19-24-15)21(8-9-23-10)16(22)12-4-3-5-13-17-6-7-20(12)13/h3-7,10,14H,8-9H2,1-2H3/t10-,14+/m1/s1. The monoisotopic (exact) mass is 327 g/mol. The average molecular weight is 327 g/mol. The van der Waals surface area contributed by atoms with Crippen LogP contribution in [0.3, 0.4) is 0 Å². The summed E-state index contributed by atoms with van der Waals surface area (Å²) in [7, 11) is 0. The molecule has 8 nitrogen and oxygen atoms in total. The topological polar surface area (TPSA) is 85.8 Å². The molecular weight excluding hydrogens is 310 g/mol. The minimum absolute atomic E-state index is 0.116. The summed E-state index contributed by atoms with van der Waals surface area (Å²) in [5.41, 5.74) is 1.27. The van der Waals surface area contributed by atoms with E-state index in [1.165, 1.54) is 0 Å². The largest absolute Gasteiger partial charge is 0.374 e. The van der Waals surface area contributed by atoms with Crippen LogP contribution in [-0.2, 0) is 4.74 Å². The van der Waals surface area contributed by atoms with Crippen LogP contribution in [0.1, 0.15) is 35.2 Å². The third-order valence-corrected chi connectivity index (χ3v) is 4.20. The fraction of sp³-hybridized carbons (Fsp3) is 0.375. The van der Waals surface area contributed by atoms with Gasteiger partial charge in [-0.3, -0.25) is 9.20 Å². The van der Waals surface area contributed by atoms with E-state index in [0.29, 0.717) is 30.6 Å². The van der Waals surface area contributed by atoms with Crippen molar-refractivity contribution in [2.75, 3.05) is 13.2 Å². The summed E-state index contributed by atoms with van der Waals surface area (Å²) in [5, 5.41) is 3.84. The fourth-order valence-corrected chi connectivity index (χ4v) is 3.08. The molecular formula is C16H17N5O3. The molecule has 0 aliphatic carbocycles. The Labute approximate surface area is 138 Å². The van der Waals surface area contributed by atoms with Gasteiger partial charge in [-0.25, -0.2) is 4.98 Å². The normalized spacial score (nSPS) is 21.3. The molecule has 1 aliphatic heterocycles. The highest BCUT2D eigenvalue weighted by Crippen LogP contribution is 2.29. The first kappa shape index (κ1) is 14.8. The smallest absolute Gasteiger partial charge is 0.271 e. The number of aromatic nitrogens is 4. The van der Waals surface area contributed by atoms with Gasteiger partial charge in [-0.2, -0.15) is 4.98 Å². The van der Waals surface area contributed by atoms with Crippen LogP contribution in [0.15, 0.2) is 35.1 Å². The zero-order chi connectivity index (χ0) is 16.7. The molecule has 4 rings (SSSR count). The summed E-state index contributed by atoms with van der Waals surface area (Å²) in [6.45, 7) is 4.58. The van der Waals surface area contributed by atoms with E-state index in [1.807, 2.05) is 19.1 Å². The van der Waals surface area contributed by atoms with E-state index in [2.05, 4.69) is 15.1 Å². The van der Waals surface area contributed by atoms with Gasteiger partial charge in [0.2, 0.25) is 0 Å². The number of fused-ring (bicyclic) bond motifs is 1. The van der Waals surface area contributed by atoms with E-state index < -0.39 is 6.04 Å². The third-order valence-electron chi connectivity index (χ3n) is 4.20. The van der Waals surface area contributed by atoms with Crippen molar-refractivity contribution in [2.24, 2.45) is 0 Å². The molecule has 1 saturated heterocycles. The van der Waals surface area contributed by atoms with Gasteiger partial charge in [0, 0.05) is 18.9 Å². The highest BCUT2D eigenvalue weighted by atomic mass is 16.5. The van der Waals surface area contributed by atoms with Crippen molar-refractivity contribution < 1.29 is 14.1 Å². The molecule has 8 heteroatoms. The van der Waals surface area contributed by atoms with Crippen molar-refractivity contribution in [3.63, 3.8) is 0 Å². The maximum Gasteiger partial charge on any atom is 0.271 e. The second-order valence-electron chi connectivity index (χ2n) is 5.77. The number of hydrogen-bond acceptors (Lipinski definition) is 6. The SMILES string of the molecule is Cc1noc([C@@H]2[C@@H](C)OCCN2C(=O)c2cccc3nccn23)n1. The van der Waals surface area contributed by atoms with Gasteiger partial charge < -0.3 is 14.2 Å². The molecule has 2 atom stereocenters. The van der Waals surface area contributed by atoms with Crippen LogP contribution in [-0.4, -0.2) is 49.6 Å². The first-order chi connectivity index (χ1) is 11.6. The predicted molar refractivity (Wildman–Crippen MR) is 83.4 cm³/mol. The number of morpholine rings is 1. The van der Waals surface area contributed by atoms with Crippen LogP contribution in [0.5, 0.6) is 0 Å². The maximum atomic E-state index is 13.2. The van der Waals surface area contributed by atoms with Crippen LogP contribution in [0.2, 0.25) is 0 Å². The Morgan fingerprint density at radius 2 is 2.25 bits per heavy atom. The number of ether oxygens (including phenoxy) is 1. The Hall–Kier alpha value is -2.74. The minimum atomic E-state index is -0.411. The van der Waals surface area contributed by atoms with E-state index in [-0.39, 0.29) is 12.0 Å². The maximum absolute atomic E-state index is 13.2. The van der Waals surface area contributed by atoms with E-state index in [0.717, 1.165) is 5.65 Å². The molecule has 24 heavy (non-hydrogen) atoms. The summed E-state index contributed by atoms with van der Waals surface area (Å²) in [6, 6.07) is 5.06. The number of hydrogen-bond donors (Lipinski definition) is 0. The third kappa shape index (κ3) is 2.35. The Balaban J connectivity index is 1.75. The molecule has 0 aromatic carbocycles. The summed E-state index contributed by atoms with van der Waals surface area (Å²) < 4.78 is 12.8. The lowest BCUT2D eigenvalue weighted by Gasteiger charge is -2.37. The molecule has 124 valence electrons. The Kier molecular flexibility index (Phi) is 3.53. The lowest BCUT2D eigenvalue weighted by atomic mass is 10.1. The van der Waals surface area contributed by atoms with Crippen molar-refractivity contribution in [1.82, 2.24) is 24.4 Å². The van der Waals surface area contributed by atoms with Crippen LogP contribution in [0.25, 0.3) is 5.65 Å². The summed E-state index contributed by atoms with van der Waals surface area (Å²) in [5.74, 6) is 0.812. The van der Waals surface area contributed by atoms with Crippen LogP contribution >= 0.6 is 0 Å². The number of carbonyl (C=O) groups is 1. The van der Waals surface area contributed by atoms with Gasteiger partial charge in [0.1, 0.15) is 17.4 Å². The van der Waals surface area contributed by atoms with Gasteiger partial charge >= 0.3 is 0 Å². The number of aryl methyl sites for hydroxylation is 1. The molecule has 0 spiro atoms. The molecule has 3 aromatic rings. The average Bonchev–Trinajstić information content (AvgIpc) is 3.22. The van der Waals surface area contributed by atoms with Crippen LogP contribution in [0.4, 0.5) is 0 Å². The Morgan fingerprint density at radius 1 is 1.38 bits per heavy atom. The zero-order valence-corrected chi connectivity index (χ0v) is 13.4. The zero-order valence-electron chi connectivity index (χ0n) is 13.4. The molecule has 1 fully saturated rings. The molecule has 1 aliphatic rings. The number of imidazole rings is 1. The highest BCUT2D eigenvalue weighted by Gasteiger charge is 2.38. The predicted octanol–water partition coefficient (Wildman–Crippen LogP) is 1.63. The first-order valence-corrected chi connectivity index (χ1v) is 7.80. The van der Waals surface area contributed by atoms with Crippen molar-refractivity contribution in [2.45, 2.75) is 26.0 Å². The lowest BCUT2D eigenvalue weighted by molar-refractivity contribution is -0.0602. The van der Waals surface area contributed by atoms with Crippen molar-refractivity contribution in [3.8, 4) is 0 Å². The Morgan fingerprint density at radius 3 is 3.04 bits per heavy atom. The van der Waals surface area contributed by atoms with Gasteiger partial charge in [-0.05, 0) is 26.0 Å². The molecule has 0 radical (unpaired) electrons. The fourth-order valence-electron chi connectivity index (χ4n) is 3.08. The van der Waals surface area contributed by atoms with E-state index in [1.54, 1.807) is 34.7 Å². The number of carbonyl (C=O) groups excluding carboxylic acids is 1. The van der Waals surface area contributed by atoms with Gasteiger partial charge in [0.25, 0.3) is 11.8 Å². The molecule has 4 heterocycles. The summed E-state index contributed by atoms with van der Waals surface area (Å²) in [6.07, 6.45) is 3.22. The van der Waals surface area contributed by atoms with Crippen molar-refractivity contribution in [1.29, 1.82) is 0 Å². The molecule has 0 saturated carbocycles. The number of pyridine rings is 1. The molecule has 0 unspecified atom stereocenters. The molecule has 3 aromatic heterocycles. The second kappa shape index (κ2) is 5.72. The van der Waals surface area contributed by atoms with Gasteiger partial charge in [-0.1, -0.05) is 11.2 Å². The number of nitrogens with zero attached hydrogens (tertiary/aromatic N) is 5. The van der Waals surface area contributed by atoms with Crippen LogP contribution in [0, 0.1) is 6.92 Å². The number of rotatable bonds is 2. The molecule has 0 bridgehead atoms. The van der Waals surface area contributed by atoms with Crippen LogP contribution < -0.4 is 0 Å². The summed E-state index contributed by atoms with van der Waals surface area (Å²) in [4.78, 5) is 23.4. The van der Waals surface area contributed by atoms with Gasteiger partial charge in [0.05, 0.1) is 12.7 Å². The first-order valence-electron chi connectivity index (χ1n) is 7.80. The molecule has 1 amide bonds. The van der Waals surface area contributed by atoms with E-state index in [9.17, 15) is 4.79 Å². The quantitative estimate of drug-likeness (QED) is 0.711. The van der Waals surface area contributed by atoms with Gasteiger partial charge in [0.15, 0.2) is 5.82 Å². The second-order valence-corrected chi connectivity index (χ2v) is 5.77. The highest BCUT2D eigenvalue weighted by molar-refractivity contribution is 5.93. The minimum Gasteiger partial charge on any atom is -0.374 e. The number of amides is 1. The Bertz CT molecular complexity index is 887. The van der Waals surface area contributed by atoms with Crippen molar-refractivity contribution in [3.05, 3.63) is 48.0 Å². The van der Waals surface area contributed by atoms with E-state index in [4.69, 9.17) is 9.26 Å².